The summed E-state index contributed by atoms with van der Waals surface area (Å²) in [4.78, 5) is 24.7. The lowest BCUT2D eigenvalue weighted by Gasteiger charge is -2.16. The molecule has 0 fully saturated rings. The van der Waals surface area contributed by atoms with E-state index in [-0.39, 0.29) is 24.7 Å². The van der Waals surface area contributed by atoms with Crippen LogP contribution in [0.3, 0.4) is 0 Å². The number of thiophene rings is 1. The lowest BCUT2D eigenvalue weighted by molar-refractivity contribution is -0.141. The number of carbonyl (C=O) groups excluding carboxylic acids is 2. The number of hydrogen-bond acceptors (Lipinski definition) is 4. The van der Waals surface area contributed by atoms with E-state index in [2.05, 4.69) is 10.1 Å². The largest absolute Gasteiger partial charge is 0.469 e. The average Bonchev–Trinajstić information content (AvgIpc) is 3.04. The van der Waals surface area contributed by atoms with E-state index >= 15 is 0 Å². The zero-order chi connectivity index (χ0) is 16.8. The minimum Gasteiger partial charge on any atom is -0.469 e. The van der Waals surface area contributed by atoms with Crippen molar-refractivity contribution in [1.29, 1.82) is 0 Å². The lowest BCUT2D eigenvalue weighted by atomic mass is 10.1. The van der Waals surface area contributed by atoms with Gasteiger partial charge in [-0.2, -0.15) is 0 Å². The van der Waals surface area contributed by atoms with Crippen LogP contribution in [-0.4, -0.2) is 19.0 Å². The molecule has 7 heteroatoms. The van der Waals surface area contributed by atoms with E-state index in [9.17, 15) is 9.59 Å². The van der Waals surface area contributed by atoms with Crippen LogP contribution in [0.2, 0.25) is 10.0 Å². The Kier molecular flexibility index (Phi) is 6.45. The predicted octanol–water partition coefficient (Wildman–Crippen LogP) is 4.02. The van der Waals surface area contributed by atoms with E-state index in [1.54, 1.807) is 18.2 Å². The van der Waals surface area contributed by atoms with Gasteiger partial charge in [0.15, 0.2) is 0 Å². The molecule has 1 aromatic heterocycles. The highest BCUT2D eigenvalue weighted by molar-refractivity contribution is 7.10. The standard InChI is InChI=1S/C16H15Cl2NO3S/c1-22-16(21)9-13(14-3-2-6-23-14)19-15(20)8-10-4-5-11(17)12(18)7-10/h2-7,13H,8-9H2,1H3,(H,19,20)/t13-/m1/s1. The molecule has 0 aliphatic rings. The molecule has 0 saturated carbocycles. The Balaban J connectivity index is 2.04. The minimum absolute atomic E-state index is 0.0874. The molecule has 1 aromatic carbocycles. The summed E-state index contributed by atoms with van der Waals surface area (Å²) >= 11 is 13.3. The minimum atomic E-state index is -0.405. The molecule has 4 nitrogen and oxygen atoms in total. The van der Waals surface area contributed by atoms with Gasteiger partial charge in [-0.15, -0.1) is 11.3 Å². The van der Waals surface area contributed by atoms with Gasteiger partial charge in [-0.25, -0.2) is 0 Å². The van der Waals surface area contributed by atoms with Crippen molar-refractivity contribution >= 4 is 46.4 Å². The first-order chi connectivity index (χ1) is 11.0. The summed E-state index contributed by atoms with van der Waals surface area (Å²) < 4.78 is 4.69. The van der Waals surface area contributed by atoms with Gasteiger partial charge in [0.05, 0.1) is 36.0 Å². The maximum atomic E-state index is 12.2. The van der Waals surface area contributed by atoms with Crippen LogP contribution in [0.5, 0.6) is 0 Å². The molecule has 0 spiro atoms. The van der Waals surface area contributed by atoms with Crippen molar-refractivity contribution in [3.05, 3.63) is 56.2 Å². The predicted molar refractivity (Wildman–Crippen MR) is 92.0 cm³/mol. The Morgan fingerprint density at radius 3 is 2.65 bits per heavy atom. The van der Waals surface area contributed by atoms with Crippen LogP contribution >= 0.6 is 34.5 Å². The Morgan fingerprint density at radius 1 is 1.26 bits per heavy atom. The lowest BCUT2D eigenvalue weighted by Crippen LogP contribution is -2.31. The highest BCUT2D eigenvalue weighted by atomic mass is 35.5. The van der Waals surface area contributed by atoms with Crippen molar-refractivity contribution in [2.24, 2.45) is 0 Å². The van der Waals surface area contributed by atoms with Gasteiger partial charge in [0.25, 0.3) is 0 Å². The van der Waals surface area contributed by atoms with Crippen LogP contribution in [0.1, 0.15) is 22.9 Å². The Morgan fingerprint density at radius 2 is 2.04 bits per heavy atom. The second-order valence-electron chi connectivity index (χ2n) is 4.84. The van der Waals surface area contributed by atoms with Gasteiger partial charge in [0.2, 0.25) is 5.91 Å². The van der Waals surface area contributed by atoms with Gasteiger partial charge in [-0.3, -0.25) is 9.59 Å². The molecule has 23 heavy (non-hydrogen) atoms. The number of hydrogen-bond donors (Lipinski definition) is 1. The molecule has 0 aliphatic heterocycles. The van der Waals surface area contributed by atoms with Gasteiger partial charge in [-0.1, -0.05) is 35.3 Å². The number of amides is 1. The van der Waals surface area contributed by atoms with Crippen molar-refractivity contribution in [1.82, 2.24) is 5.32 Å². The Hall–Kier alpha value is -1.56. The number of benzene rings is 1. The van der Waals surface area contributed by atoms with Crippen LogP contribution in [0, 0.1) is 0 Å². The van der Waals surface area contributed by atoms with Crippen LogP contribution < -0.4 is 5.32 Å². The summed E-state index contributed by atoms with van der Waals surface area (Å²) in [5.41, 5.74) is 0.750. The molecule has 1 N–H and O–H groups in total. The number of esters is 1. The fraction of sp³-hybridized carbons (Fsp3) is 0.250. The molecular weight excluding hydrogens is 357 g/mol. The third kappa shape index (κ3) is 5.23. The van der Waals surface area contributed by atoms with Gasteiger partial charge in [-0.05, 0) is 29.1 Å². The summed E-state index contributed by atoms with van der Waals surface area (Å²) in [6, 6.07) is 8.39. The molecule has 1 heterocycles. The molecule has 0 aliphatic carbocycles. The van der Waals surface area contributed by atoms with Gasteiger partial charge in [0.1, 0.15) is 0 Å². The SMILES string of the molecule is COC(=O)C[C@@H](NC(=O)Cc1ccc(Cl)c(Cl)c1)c1cccs1. The van der Waals surface area contributed by atoms with Crippen LogP contribution in [0.4, 0.5) is 0 Å². The fourth-order valence-corrected chi connectivity index (χ4v) is 3.14. The molecule has 2 rings (SSSR count). The summed E-state index contributed by atoms with van der Waals surface area (Å²) in [7, 11) is 1.32. The van der Waals surface area contributed by atoms with E-state index in [1.165, 1.54) is 18.4 Å². The van der Waals surface area contributed by atoms with E-state index in [0.29, 0.717) is 10.0 Å². The first-order valence-corrected chi connectivity index (χ1v) is 8.46. The highest BCUT2D eigenvalue weighted by Crippen LogP contribution is 2.24. The summed E-state index contributed by atoms with van der Waals surface area (Å²) in [5, 5.41) is 5.60. The third-order valence-corrected chi connectivity index (χ3v) is 4.89. The van der Waals surface area contributed by atoms with E-state index in [4.69, 9.17) is 23.2 Å². The van der Waals surface area contributed by atoms with Crippen molar-refractivity contribution in [2.45, 2.75) is 18.9 Å². The summed E-state index contributed by atoms with van der Waals surface area (Å²) in [6.45, 7) is 0. The number of nitrogens with one attached hydrogen (secondary N) is 1. The van der Waals surface area contributed by atoms with Crippen LogP contribution in [0.15, 0.2) is 35.7 Å². The summed E-state index contributed by atoms with van der Waals surface area (Å²) in [5.74, 6) is -0.580. The van der Waals surface area contributed by atoms with Crippen LogP contribution in [0.25, 0.3) is 0 Å². The number of ether oxygens (including phenoxy) is 1. The fourth-order valence-electron chi connectivity index (χ4n) is 2.04. The smallest absolute Gasteiger partial charge is 0.307 e. The quantitative estimate of drug-likeness (QED) is 0.780. The van der Waals surface area contributed by atoms with E-state index in [0.717, 1.165) is 10.4 Å². The molecule has 0 saturated heterocycles. The van der Waals surface area contributed by atoms with Crippen molar-refractivity contribution in [3.63, 3.8) is 0 Å². The van der Waals surface area contributed by atoms with Gasteiger partial charge in [0, 0.05) is 4.88 Å². The highest BCUT2D eigenvalue weighted by Gasteiger charge is 2.20. The van der Waals surface area contributed by atoms with Crippen molar-refractivity contribution < 1.29 is 14.3 Å². The Bertz CT molecular complexity index is 689. The maximum Gasteiger partial charge on any atom is 0.307 e. The third-order valence-electron chi connectivity index (χ3n) is 3.17. The zero-order valence-corrected chi connectivity index (χ0v) is 14.7. The zero-order valence-electron chi connectivity index (χ0n) is 12.3. The number of methoxy groups -OCH3 is 1. The second-order valence-corrected chi connectivity index (χ2v) is 6.63. The normalized spacial score (nSPS) is 11.8. The summed E-state index contributed by atoms with van der Waals surface area (Å²) in [6.07, 6.45) is 0.240. The number of rotatable bonds is 6. The molecule has 1 amide bonds. The molecule has 122 valence electrons. The molecule has 2 aromatic rings. The monoisotopic (exact) mass is 371 g/mol. The first kappa shape index (κ1) is 17.8. The second kappa shape index (κ2) is 8.34. The van der Waals surface area contributed by atoms with Gasteiger partial charge >= 0.3 is 5.97 Å². The molecule has 0 unspecified atom stereocenters. The van der Waals surface area contributed by atoms with Crippen LogP contribution in [-0.2, 0) is 20.7 Å². The molecule has 1 atom stereocenters. The number of halogens is 2. The average molecular weight is 372 g/mol. The van der Waals surface area contributed by atoms with Gasteiger partial charge < -0.3 is 10.1 Å². The first-order valence-electron chi connectivity index (χ1n) is 6.83. The number of carbonyl (C=O) groups is 2. The Labute approximate surface area is 148 Å². The molecular formula is C16H15Cl2NO3S. The maximum absolute atomic E-state index is 12.2. The molecule has 0 bridgehead atoms. The van der Waals surface area contributed by atoms with Crippen molar-refractivity contribution in [3.8, 4) is 0 Å². The molecule has 0 radical (unpaired) electrons. The van der Waals surface area contributed by atoms with E-state index < -0.39 is 6.04 Å². The topological polar surface area (TPSA) is 55.4 Å². The van der Waals surface area contributed by atoms with Crippen molar-refractivity contribution in [2.75, 3.05) is 7.11 Å². The van der Waals surface area contributed by atoms with E-state index in [1.807, 2.05) is 17.5 Å².